The van der Waals surface area contributed by atoms with E-state index >= 15 is 0 Å². The number of hydrogen-bond acceptors (Lipinski definition) is 5. The molecule has 116 valence electrons. The minimum absolute atomic E-state index is 0.156. The molecule has 2 N–H and O–H groups in total. The number of carbonyl (C=O) groups is 1. The fraction of sp³-hybridized carbons (Fsp3) is 0.0625. The zero-order valence-corrected chi connectivity index (χ0v) is 12.8. The number of nitrogens with one attached hydrogen (secondary N) is 2. The summed E-state index contributed by atoms with van der Waals surface area (Å²) in [6, 6.07) is 9.53. The number of aromatic nitrogens is 2. The van der Waals surface area contributed by atoms with Gasteiger partial charge in [-0.05, 0) is 36.4 Å². The van der Waals surface area contributed by atoms with E-state index in [0.29, 0.717) is 16.5 Å². The molecule has 7 heteroatoms. The van der Waals surface area contributed by atoms with Crippen LogP contribution in [0.1, 0.15) is 5.69 Å². The second-order valence-corrected chi connectivity index (χ2v) is 5.60. The van der Waals surface area contributed by atoms with Crippen LogP contribution in [0, 0.1) is 5.82 Å². The molecule has 0 unspecified atom stereocenters. The molecule has 3 rings (SSSR count). The monoisotopic (exact) mass is 328 g/mol. The quantitative estimate of drug-likeness (QED) is 0.751. The van der Waals surface area contributed by atoms with Crippen LogP contribution in [0.4, 0.5) is 20.9 Å². The largest absolute Gasteiger partial charge is 0.332 e. The van der Waals surface area contributed by atoms with E-state index in [4.69, 9.17) is 0 Å². The number of pyridine rings is 1. The minimum atomic E-state index is -0.289. The van der Waals surface area contributed by atoms with Crippen molar-refractivity contribution < 1.29 is 9.18 Å². The van der Waals surface area contributed by atoms with Gasteiger partial charge >= 0.3 is 0 Å². The topological polar surface area (TPSA) is 66.9 Å². The van der Waals surface area contributed by atoms with Crippen molar-refractivity contribution in [3.8, 4) is 0 Å². The number of nitrogens with zero attached hydrogens (tertiary/aromatic N) is 2. The number of anilines is 3. The number of halogens is 1. The Morgan fingerprint density at radius 2 is 2.00 bits per heavy atom. The molecule has 2 heterocycles. The van der Waals surface area contributed by atoms with Gasteiger partial charge in [0.15, 0.2) is 5.13 Å². The lowest BCUT2D eigenvalue weighted by molar-refractivity contribution is -0.115. The first-order valence-corrected chi connectivity index (χ1v) is 7.74. The molecule has 23 heavy (non-hydrogen) atoms. The second kappa shape index (κ2) is 6.97. The summed E-state index contributed by atoms with van der Waals surface area (Å²) < 4.78 is 12.9. The van der Waals surface area contributed by atoms with Crippen LogP contribution in [-0.4, -0.2) is 15.9 Å². The summed E-state index contributed by atoms with van der Waals surface area (Å²) >= 11 is 1.39. The SMILES string of the molecule is O=C(Cc1csc(Nc2ccc(F)cc2)n1)Nc1cccnc1. The summed E-state index contributed by atoms with van der Waals surface area (Å²) in [4.78, 5) is 20.2. The number of amides is 1. The number of thiazole rings is 1. The van der Waals surface area contributed by atoms with E-state index in [1.54, 1.807) is 36.7 Å². The highest BCUT2D eigenvalue weighted by Gasteiger charge is 2.08. The van der Waals surface area contributed by atoms with E-state index in [1.807, 2.05) is 5.38 Å². The molecule has 1 amide bonds. The van der Waals surface area contributed by atoms with Crippen LogP contribution in [-0.2, 0) is 11.2 Å². The summed E-state index contributed by atoms with van der Waals surface area (Å²) in [7, 11) is 0. The van der Waals surface area contributed by atoms with Gasteiger partial charge in [0.2, 0.25) is 5.91 Å². The number of hydrogen-bond donors (Lipinski definition) is 2. The van der Waals surface area contributed by atoms with Crippen molar-refractivity contribution in [1.82, 2.24) is 9.97 Å². The predicted molar refractivity (Wildman–Crippen MR) is 88.4 cm³/mol. The normalized spacial score (nSPS) is 10.3. The van der Waals surface area contributed by atoms with Gasteiger partial charge in [0.1, 0.15) is 5.82 Å². The van der Waals surface area contributed by atoms with Gasteiger partial charge in [0.25, 0.3) is 0 Å². The Morgan fingerprint density at radius 1 is 1.17 bits per heavy atom. The Kier molecular flexibility index (Phi) is 4.58. The molecule has 2 aromatic heterocycles. The molecule has 0 radical (unpaired) electrons. The van der Waals surface area contributed by atoms with E-state index in [1.165, 1.54) is 23.5 Å². The maximum atomic E-state index is 12.9. The van der Waals surface area contributed by atoms with Gasteiger partial charge in [-0.2, -0.15) is 0 Å². The third kappa shape index (κ3) is 4.33. The molecule has 0 spiro atoms. The van der Waals surface area contributed by atoms with Crippen LogP contribution in [0.25, 0.3) is 0 Å². The summed E-state index contributed by atoms with van der Waals surface area (Å²) in [5.74, 6) is -0.445. The van der Waals surface area contributed by atoms with E-state index in [9.17, 15) is 9.18 Å². The summed E-state index contributed by atoms with van der Waals surface area (Å²) in [5.41, 5.74) is 2.06. The summed E-state index contributed by atoms with van der Waals surface area (Å²) in [5, 5.41) is 8.30. The van der Waals surface area contributed by atoms with Crippen LogP contribution < -0.4 is 10.6 Å². The third-order valence-electron chi connectivity index (χ3n) is 2.93. The molecule has 0 fully saturated rings. The first-order valence-electron chi connectivity index (χ1n) is 6.86. The molecular formula is C16H13FN4OS. The zero-order chi connectivity index (χ0) is 16.1. The van der Waals surface area contributed by atoms with Crippen molar-refractivity contribution in [2.45, 2.75) is 6.42 Å². The lowest BCUT2D eigenvalue weighted by Crippen LogP contribution is -2.14. The van der Waals surface area contributed by atoms with Crippen molar-refractivity contribution in [2.75, 3.05) is 10.6 Å². The Balaban J connectivity index is 1.58. The number of rotatable bonds is 5. The molecule has 0 aliphatic rings. The fourth-order valence-corrected chi connectivity index (χ4v) is 2.64. The van der Waals surface area contributed by atoms with Gasteiger partial charge in [0, 0.05) is 17.3 Å². The first-order chi connectivity index (χ1) is 11.2. The van der Waals surface area contributed by atoms with Gasteiger partial charge in [-0.1, -0.05) is 0 Å². The molecule has 0 bridgehead atoms. The fourth-order valence-electron chi connectivity index (χ4n) is 1.91. The molecule has 5 nitrogen and oxygen atoms in total. The van der Waals surface area contributed by atoms with Crippen LogP contribution in [0.5, 0.6) is 0 Å². The van der Waals surface area contributed by atoms with E-state index in [0.717, 1.165) is 5.69 Å². The van der Waals surface area contributed by atoms with Crippen molar-refractivity contribution >= 4 is 33.8 Å². The standard InChI is InChI=1S/C16H13FN4OS/c17-11-3-5-12(6-4-11)20-16-21-14(10-23-16)8-15(22)19-13-2-1-7-18-9-13/h1-7,9-10H,8H2,(H,19,22)(H,20,21). The lowest BCUT2D eigenvalue weighted by atomic mass is 10.3. The van der Waals surface area contributed by atoms with Gasteiger partial charge in [0.05, 0.1) is 24.0 Å². The Morgan fingerprint density at radius 3 is 2.74 bits per heavy atom. The third-order valence-corrected chi connectivity index (χ3v) is 3.74. The number of benzene rings is 1. The van der Waals surface area contributed by atoms with Gasteiger partial charge in [-0.15, -0.1) is 11.3 Å². The molecule has 0 atom stereocenters. The first kappa shape index (κ1) is 15.1. The maximum Gasteiger partial charge on any atom is 0.230 e. The van der Waals surface area contributed by atoms with Crippen molar-refractivity contribution in [1.29, 1.82) is 0 Å². The van der Waals surface area contributed by atoms with Crippen molar-refractivity contribution in [3.05, 3.63) is 65.7 Å². The van der Waals surface area contributed by atoms with Crippen LogP contribution in [0.15, 0.2) is 54.2 Å². The Labute approximate surface area is 136 Å². The number of carbonyl (C=O) groups excluding carboxylic acids is 1. The molecular weight excluding hydrogens is 315 g/mol. The summed E-state index contributed by atoms with van der Waals surface area (Å²) in [6.45, 7) is 0. The van der Waals surface area contributed by atoms with Gasteiger partial charge in [-0.3, -0.25) is 9.78 Å². The smallest absolute Gasteiger partial charge is 0.230 e. The minimum Gasteiger partial charge on any atom is -0.332 e. The highest BCUT2D eigenvalue weighted by atomic mass is 32.1. The molecule has 0 saturated heterocycles. The van der Waals surface area contributed by atoms with Crippen LogP contribution >= 0.6 is 11.3 Å². The molecule has 1 aromatic carbocycles. The second-order valence-electron chi connectivity index (χ2n) is 4.74. The average molecular weight is 328 g/mol. The van der Waals surface area contributed by atoms with Crippen LogP contribution in [0.2, 0.25) is 0 Å². The molecule has 3 aromatic rings. The van der Waals surface area contributed by atoms with E-state index in [-0.39, 0.29) is 18.1 Å². The van der Waals surface area contributed by atoms with Crippen molar-refractivity contribution in [3.63, 3.8) is 0 Å². The zero-order valence-electron chi connectivity index (χ0n) is 12.0. The lowest BCUT2D eigenvalue weighted by Gasteiger charge is -2.03. The molecule has 0 saturated carbocycles. The highest BCUT2D eigenvalue weighted by Crippen LogP contribution is 2.21. The van der Waals surface area contributed by atoms with E-state index in [2.05, 4.69) is 20.6 Å². The maximum absolute atomic E-state index is 12.9. The van der Waals surface area contributed by atoms with Crippen molar-refractivity contribution in [2.24, 2.45) is 0 Å². The summed E-state index contributed by atoms with van der Waals surface area (Å²) in [6.07, 6.45) is 3.40. The Hall–Kier alpha value is -2.80. The predicted octanol–water partition coefficient (Wildman–Crippen LogP) is 3.60. The molecule has 0 aliphatic heterocycles. The average Bonchev–Trinajstić information content (AvgIpc) is 2.97. The van der Waals surface area contributed by atoms with E-state index < -0.39 is 0 Å². The van der Waals surface area contributed by atoms with Gasteiger partial charge < -0.3 is 10.6 Å². The van der Waals surface area contributed by atoms with Crippen LogP contribution in [0.3, 0.4) is 0 Å². The Bertz CT molecular complexity index is 789. The highest BCUT2D eigenvalue weighted by molar-refractivity contribution is 7.13. The molecule has 0 aliphatic carbocycles. The van der Waals surface area contributed by atoms with Gasteiger partial charge in [-0.25, -0.2) is 9.37 Å².